The minimum Gasteiger partial charge on any atom is -0.350 e. The van der Waals surface area contributed by atoms with Crippen molar-refractivity contribution in [1.82, 2.24) is 10.2 Å². The fourth-order valence-corrected chi connectivity index (χ4v) is 2.72. The third-order valence-corrected chi connectivity index (χ3v) is 3.86. The van der Waals surface area contributed by atoms with Crippen LogP contribution in [0.2, 0.25) is 0 Å². The molecule has 1 N–H and O–H groups in total. The van der Waals surface area contributed by atoms with Crippen LogP contribution in [0.5, 0.6) is 0 Å². The van der Waals surface area contributed by atoms with Gasteiger partial charge in [0.2, 0.25) is 0 Å². The molecule has 1 aliphatic carbocycles. The largest absolute Gasteiger partial charge is 0.350 e. The Bertz CT molecular complexity index is 296. The molecular formula is C10H14ClN3. The van der Waals surface area contributed by atoms with E-state index in [4.69, 9.17) is 11.6 Å². The second-order valence-electron chi connectivity index (χ2n) is 4.26. The first-order valence-electron chi connectivity index (χ1n) is 5.27. The highest BCUT2D eigenvalue weighted by Crippen LogP contribution is 2.35. The topological polar surface area (TPSA) is 27.6 Å². The molecule has 3 aliphatic rings. The molecule has 0 radical (unpaired) electrons. The summed E-state index contributed by atoms with van der Waals surface area (Å²) in [7, 11) is 0. The third-order valence-electron chi connectivity index (χ3n) is 3.51. The molecule has 0 bridgehead atoms. The van der Waals surface area contributed by atoms with E-state index in [1.165, 1.54) is 19.3 Å². The second kappa shape index (κ2) is 3.24. The van der Waals surface area contributed by atoms with Crippen molar-refractivity contribution in [1.29, 1.82) is 0 Å². The van der Waals surface area contributed by atoms with Gasteiger partial charge in [0.15, 0.2) is 0 Å². The average Bonchev–Trinajstić information content (AvgIpc) is 2.48. The van der Waals surface area contributed by atoms with Gasteiger partial charge in [0.05, 0.1) is 12.2 Å². The molecule has 2 fully saturated rings. The van der Waals surface area contributed by atoms with E-state index in [0.717, 1.165) is 17.6 Å². The Balaban J connectivity index is 1.79. The maximum absolute atomic E-state index is 6.07. The number of rotatable bonds is 1. The van der Waals surface area contributed by atoms with E-state index >= 15 is 0 Å². The number of aliphatic imine (C=N–C) groups is 1. The molecule has 4 heteroatoms. The number of nitrogens with zero attached hydrogens (tertiary/aromatic N) is 2. The highest BCUT2D eigenvalue weighted by Gasteiger charge is 2.40. The Morgan fingerprint density at radius 3 is 3.07 bits per heavy atom. The van der Waals surface area contributed by atoms with Crippen molar-refractivity contribution in [3.63, 3.8) is 0 Å². The fourth-order valence-electron chi connectivity index (χ4n) is 2.47. The van der Waals surface area contributed by atoms with Gasteiger partial charge in [-0.3, -0.25) is 5.32 Å². The first-order chi connectivity index (χ1) is 6.86. The molecule has 3 rings (SSSR count). The Morgan fingerprint density at radius 2 is 2.36 bits per heavy atom. The summed E-state index contributed by atoms with van der Waals surface area (Å²) < 4.78 is 0. The van der Waals surface area contributed by atoms with Crippen molar-refractivity contribution in [2.45, 2.75) is 31.5 Å². The molecular weight excluding hydrogens is 198 g/mol. The summed E-state index contributed by atoms with van der Waals surface area (Å²) in [6, 6.07) is 0.285. The van der Waals surface area contributed by atoms with Crippen LogP contribution in [0.1, 0.15) is 19.3 Å². The van der Waals surface area contributed by atoms with E-state index in [1.807, 2.05) is 0 Å². The molecule has 0 aromatic rings. The zero-order chi connectivity index (χ0) is 9.54. The number of hydrogen-bond donors (Lipinski definition) is 1. The third kappa shape index (κ3) is 1.19. The molecule has 3 nitrogen and oxygen atoms in total. The molecule has 76 valence electrons. The van der Waals surface area contributed by atoms with E-state index in [9.17, 15) is 0 Å². The van der Waals surface area contributed by atoms with Crippen molar-refractivity contribution in [2.75, 3.05) is 6.54 Å². The Labute approximate surface area is 88.8 Å². The van der Waals surface area contributed by atoms with Gasteiger partial charge in [-0.25, -0.2) is 4.99 Å². The molecule has 14 heavy (non-hydrogen) atoms. The average molecular weight is 212 g/mol. The Kier molecular flexibility index (Phi) is 2.03. The zero-order valence-electron chi connectivity index (χ0n) is 7.99. The van der Waals surface area contributed by atoms with Crippen LogP contribution in [0.15, 0.2) is 17.4 Å². The van der Waals surface area contributed by atoms with Crippen LogP contribution in [0.25, 0.3) is 0 Å². The predicted octanol–water partition coefficient (Wildman–Crippen LogP) is 1.51. The predicted molar refractivity (Wildman–Crippen MR) is 57.2 cm³/mol. The lowest BCUT2D eigenvalue weighted by Crippen LogP contribution is -2.45. The van der Waals surface area contributed by atoms with E-state index in [2.05, 4.69) is 21.4 Å². The highest BCUT2D eigenvalue weighted by molar-refractivity contribution is 6.66. The monoisotopic (exact) mass is 211 g/mol. The lowest BCUT2D eigenvalue weighted by molar-refractivity contribution is 0.147. The van der Waals surface area contributed by atoms with Crippen molar-refractivity contribution in [3.8, 4) is 0 Å². The summed E-state index contributed by atoms with van der Waals surface area (Å²) in [4.78, 5) is 6.46. The standard InChI is InChI=1S/C10H14ClN3/c11-9-8-6-13-10(7-2-1-3-7)14(8)5-4-12-9/h4-5,7-8,10,13H,1-3,6H2. The summed E-state index contributed by atoms with van der Waals surface area (Å²) in [5.41, 5.74) is 0. The fraction of sp³-hybridized carbons (Fsp3) is 0.700. The number of fused-ring (bicyclic) bond motifs is 1. The summed E-state index contributed by atoms with van der Waals surface area (Å²) in [5, 5.41) is 4.26. The molecule has 0 amide bonds. The first-order valence-corrected chi connectivity index (χ1v) is 5.65. The van der Waals surface area contributed by atoms with Crippen LogP contribution in [0.4, 0.5) is 0 Å². The lowest BCUT2D eigenvalue weighted by Gasteiger charge is -2.38. The van der Waals surface area contributed by atoms with E-state index in [0.29, 0.717) is 6.17 Å². The zero-order valence-corrected chi connectivity index (χ0v) is 8.74. The van der Waals surface area contributed by atoms with Crippen molar-refractivity contribution >= 4 is 16.8 Å². The first kappa shape index (κ1) is 8.74. The number of halogens is 1. The summed E-state index contributed by atoms with van der Waals surface area (Å²) >= 11 is 6.07. The van der Waals surface area contributed by atoms with Crippen LogP contribution < -0.4 is 5.32 Å². The van der Waals surface area contributed by atoms with Gasteiger partial charge in [-0.05, 0) is 18.8 Å². The summed E-state index contributed by atoms with van der Waals surface area (Å²) in [5.74, 6) is 0.812. The minimum atomic E-state index is 0.285. The summed E-state index contributed by atoms with van der Waals surface area (Å²) in [6.45, 7) is 0.938. The molecule has 0 spiro atoms. The minimum absolute atomic E-state index is 0.285. The van der Waals surface area contributed by atoms with E-state index in [1.54, 1.807) is 6.20 Å². The van der Waals surface area contributed by atoms with Gasteiger partial charge >= 0.3 is 0 Å². The van der Waals surface area contributed by atoms with Crippen molar-refractivity contribution in [3.05, 3.63) is 12.4 Å². The number of hydrogen-bond acceptors (Lipinski definition) is 3. The Morgan fingerprint density at radius 1 is 1.50 bits per heavy atom. The van der Waals surface area contributed by atoms with Gasteiger partial charge in [-0.1, -0.05) is 18.0 Å². The molecule has 1 saturated heterocycles. The highest BCUT2D eigenvalue weighted by atomic mass is 35.5. The maximum Gasteiger partial charge on any atom is 0.130 e. The van der Waals surface area contributed by atoms with Crippen LogP contribution in [0.3, 0.4) is 0 Å². The van der Waals surface area contributed by atoms with E-state index < -0.39 is 0 Å². The van der Waals surface area contributed by atoms with Gasteiger partial charge in [-0.2, -0.15) is 0 Å². The molecule has 0 aromatic heterocycles. The quantitative estimate of drug-likeness (QED) is 0.712. The van der Waals surface area contributed by atoms with Crippen LogP contribution in [0, 0.1) is 5.92 Å². The molecule has 0 aromatic carbocycles. The smallest absolute Gasteiger partial charge is 0.130 e. The van der Waals surface area contributed by atoms with Gasteiger partial charge in [0, 0.05) is 18.9 Å². The second-order valence-corrected chi connectivity index (χ2v) is 4.64. The number of nitrogens with one attached hydrogen (secondary N) is 1. The van der Waals surface area contributed by atoms with Crippen molar-refractivity contribution < 1.29 is 0 Å². The Hall–Kier alpha value is -0.540. The van der Waals surface area contributed by atoms with Gasteiger partial charge < -0.3 is 4.90 Å². The SMILES string of the molecule is ClC1=NC=CN2C1CNC2C1CCC1. The summed E-state index contributed by atoms with van der Waals surface area (Å²) in [6.07, 6.45) is 8.45. The normalized spacial score (nSPS) is 36.6. The van der Waals surface area contributed by atoms with Crippen LogP contribution in [-0.2, 0) is 0 Å². The van der Waals surface area contributed by atoms with Gasteiger partial charge in [-0.15, -0.1) is 0 Å². The van der Waals surface area contributed by atoms with Crippen molar-refractivity contribution in [2.24, 2.45) is 10.9 Å². The molecule has 1 saturated carbocycles. The van der Waals surface area contributed by atoms with E-state index in [-0.39, 0.29) is 6.04 Å². The van der Waals surface area contributed by atoms with Crippen LogP contribution in [-0.4, -0.2) is 28.8 Å². The van der Waals surface area contributed by atoms with Gasteiger partial charge in [0.1, 0.15) is 5.17 Å². The molecule has 2 atom stereocenters. The maximum atomic E-state index is 6.07. The van der Waals surface area contributed by atoms with Gasteiger partial charge in [0.25, 0.3) is 0 Å². The molecule has 2 heterocycles. The molecule has 2 aliphatic heterocycles. The lowest BCUT2D eigenvalue weighted by atomic mass is 9.82. The molecule has 2 unspecified atom stereocenters. The van der Waals surface area contributed by atoms with Crippen LogP contribution >= 0.6 is 11.6 Å².